The van der Waals surface area contributed by atoms with Crippen molar-refractivity contribution in [3.63, 3.8) is 0 Å². The van der Waals surface area contributed by atoms with Gasteiger partial charge in [-0.2, -0.15) is 0 Å². The Morgan fingerprint density at radius 3 is 2.59 bits per heavy atom. The number of hydrogen-bond acceptors (Lipinski definition) is 5. The molecule has 4 aromatic rings. The summed E-state index contributed by atoms with van der Waals surface area (Å²) >= 11 is 0. The number of esters is 1. The van der Waals surface area contributed by atoms with Crippen LogP contribution in [0.2, 0.25) is 0 Å². The highest BCUT2D eigenvalue weighted by Crippen LogP contribution is 2.41. The fourth-order valence-electron chi connectivity index (χ4n) is 5.59. The molecule has 3 atom stereocenters. The number of Topliss-reactive ketones (excluding diaryl/α,β-unsaturated/α-hetero) is 1. The van der Waals surface area contributed by atoms with Gasteiger partial charge < -0.3 is 14.8 Å². The molecule has 0 aromatic heterocycles. The predicted molar refractivity (Wildman–Crippen MR) is 154 cm³/mol. The van der Waals surface area contributed by atoms with Gasteiger partial charge in [0.05, 0.1) is 13.5 Å². The fraction of sp³-hybridized carbons (Fsp3) is 0.294. The van der Waals surface area contributed by atoms with Crippen LogP contribution in [0.25, 0.3) is 10.8 Å². The SMILES string of the molecule is COC(=O)CCC(=O)c1cc([C@@H]2C[C@H](CN[C@H](C)c3cccc4ccccc34)Oc3ccccc32)ccc1C. The van der Waals surface area contributed by atoms with E-state index in [9.17, 15) is 9.59 Å². The van der Waals surface area contributed by atoms with Crippen LogP contribution in [0.4, 0.5) is 0 Å². The lowest BCUT2D eigenvalue weighted by molar-refractivity contribution is -0.140. The van der Waals surface area contributed by atoms with Crippen LogP contribution in [-0.2, 0) is 9.53 Å². The molecular formula is C34H35NO4. The zero-order valence-electron chi connectivity index (χ0n) is 22.8. The van der Waals surface area contributed by atoms with Gasteiger partial charge in [-0.25, -0.2) is 0 Å². The monoisotopic (exact) mass is 521 g/mol. The molecule has 4 aromatic carbocycles. The fourth-order valence-corrected chi connectivity index (χ4v) is 5.59. The van der Waals surface area contributed by atoms with Gasteiger partial charge in [0.15, 0.2) is 5.78 Å². The molecule has 200 valence electrons. The van der Waals surface area contributed by atoms with E-state index in [4.69, 9.17) is 9.47 Å². The van der Waals surface area contributed by atoms with Gasteiger partial charge in [0.25, 0.3) is 0 Å². The quantitative estimate of drug-likeness (QED) is 0.191. The van der Waals surface area contributed by atoms with Gasteiger partial charge in [0.1, 0.15) is 11.9 Å². The third-order valence-corrected chi connectivity index (χ3v) is 7.78. The second-order valence-electron chi connectivity index (χ2n) is 10.3. The molecule has 1 aliphatic heterocycles. The number of methoxy groups -OCH3 is 1. The van der Waals surface area contributed by atoms with Gasteiger partial charge in [-0.15, -0.1) is 0 Å². The Kier molecular flexibility index (Phi) is 8.08. The van der Waals surface area contributed by atoms with Crippen LogP contribution in [0.1, 0.15) is 70.8 Å². The Bertz CT molecular complexity index is 1490. The number of hydrogen-bond donors (Lipinski definition) is 1. The molecule has 5 nitrogen and oxygen atoms in total. The minimum absolute atomic E-state index is 0.0258. The summed E-state index contributed by atoms with van der Waals surface area (Å²) in [5, 5.41) is 6.21. The molecule has 39 heavy (non-hydrogen) atoms. The summed E-state index contributed by atoms with van der Waals surface area (Å²) in [6.45, 7) is 4.84. The first-order valence-corrected chi connectivity index (χ1v) is 13.6. The number of nitrogens with one attached hydrogen (secondary N) is 1. The van der Waals surface area contributed by atoms with Gasteiger partial charge >= 0.3 is 5.97 Å². The maximum absolute atomic E-state index is 13.0. The molecular weight excluding hydrogens is 486 g/mol. The van der Waals surface area contributed by atoms with Crippen LogP contribution in [0, 0.1) is 6.92 Å². The number of aryl methyl sites for hydroxylation is 1. The van der Waals surface area contributed by atoms with Gasteiger partial charge in [0.2, 0.25) is 0 Å². The normalized spacial score (nSPS) is 17.2. The zero-order chi connectivity index (χ0) is 27.4. The number of benzene rings is 4. The summed E-state index contributed by atoms with van der Waals surface area (Å²) in [5.41, 5.74) is 5.07. The third kappa shape index (κ3) is 5.89. The number of carbonyl (C=O) groups excluding carboxylic acids is 2. The lowest BCUT2D eigenvalue weighted by Gasteiger charge is -2.33. The highest BCUT2D eigenvalue weighted by Gasteiger charge is 2.30. The van der Waals surface area contributed by atoms with E-state index >= 15 is 0 Å². The molecule has 0 spiro atoms. The molecule has 1 aliphatic rings. The van der Waals surface area contributed by atoms with E-state index in [0.717, 1.165) is 28.9 Å². The number of carbonyl (C=O) groups is 2. The van der Waals surface area contributed by atoms with Gasteiger partial charge in [-0.1, -0.05) is 72.8 Å². The number of para-hydroxylation sites is 1. The lowest BCUT2D eigenvalue weighted by Crippen LogP contribution is -2.37. The lowest BCUT2D eigenvalue weighted by atomic mass is 9.82. The average molecular weight is 522 g/mol. The molecule has 1 heterocycles. The number of ketones is 1. The first-order valence-electron chi connectivity index (χ1n) is 13.6. The predicted octanol–water partition coefficient (Wildman–Crippen LogP) is 6.92. The molecule has 5 heteroatoms. The smallest absolute Gasteiger partial charge is 0.305 e. The Morgan fingerprint density at radius 2 is 1.74 bits per heavy atom. The molecule has 0 aliphatic carbocycles. The molecule has 0 saturated carbocycles. The van der Waals surface area contributed by atoms with Crippen LogP contribution in [0.15, 0.2) is 84.9 Å². The van der Waals surface area contributed by atoms with E-state index < -0.39 is 0 Å². The number of rotatable bonds is 9. The molecule has 1 N–H and O–H groups in total. The van der Waals surface area contributed by atoms with Gasteiger partial charge in [-0.3, -0.25) is 9.59 Å². The minimum atomic E-state index is -0.372. The van der Waals surface area contributed by atoms with Gasteiger partial charge in [-0.05, 0) is 59.9 Å². The molecule has 0 fully saturated rings. The molecule has 0 unspecified atom stereocenters. The van der Waals surface area contributed by atoms with E-state index in [-0.39, 0.29) is 42.7 Å². The Labute approximate surface area is 230 Å². The van der Waals surface area contributed by atoms with Crippen molar-refractivity contribution >= 4 is 22.5 Å². The first-order chi connectivity index (χ1) is 18.9. The van der Waals surface area contributed by atoms with E-state index in [0.29, 0.717) is 12.1 Å². The van der Waals surface area contributed by atoms with Gasteiger partial charge in [0, 0.05) is 36.1 Å². The second kappa shape index (κ2) is 11.8. The largest absolute Gasteiger partial charge is 0.489 e. The van der Waals surface area contributed by atoms with E-state index in [2.05, 4.69) is 66.8 Å². The molecule has 0 amide bonds. The van der Waals surface area contributed by atoms with Crippen molar-refractivity contribution in [1.82, 2.24) is 5.32 Å². The van der Waals surface area contributed by atoms with E-state index in [1.165, 1.54) is 23.4 Å². The summed E-state index contributed by atoms with van der Waals surface area (Å²) < 4.78 is 11.2. The van der Waals surface area contributed by atoms with Crippen LogP contribution in [0.5, 0.6) is 5.75 Å². The van der Waals surface area contributed by atoms with Crippen LogP contribution >= 0.6 is 0 Å². The van der Waals surface area contributed by atoms with Crippen LogP contribution in [0.3, 0.4) is 0 Å². The Balaban J connectivity index is 1.36. The standard InChI is InChI=1S/C34H35NO4/c1-22-15-16-25(19-30(22)32(36)17-18-34(37)38-3)31-20-26(39-33-14-7-6-12-29(31)33)21-35-23(2)27-13-8-10-24-9-4-5-11-28(24)27/h4-16,19,23,26,31,35H,17-18,20-21H2,1-3H3/t23-,26-,31+/m1/s1. The maximum Gasteiger partial charge on any atom is 0.305 e. The Hall–Kier alpha value is -3.96. The van der Waals surface area contributed by atoms with Crippen molar-refractivity contribution in [2.75, 3.05) is 13.7 Å². The van der Waals surface area contributed by atoms with Crippen molar-refractivity contribution in [1.29, 1.82) is 0 Å². The number of ether oxygens (including phenoxy) is 2. The average Bonchev–Trinajstić information content (AvgIpc) is 2.98. The summed E-state index contributed by atoms with van der Waals surface area (Å²) in [6.07, 6.45) is 0.995. The second-order valence-corrected chi connectivity index (χ2v) is 10.3. The molecule has 0 radical (unpaired) electrons. The summed E-state index contributed by atoms with van der Waals surface area (Å²) in [5.74, 6) is 0.575. The third-order valence-electron chi connectivity index (χ3n) is 7.78. The molecule has 5 rings (SSSR count). The summed E-state index contributed by atoms with van der Waals surface area (Å²) in [6, 6.07) is 29.4. The highest BCUT2D eigenvalue weighted by atomic mass is 16.5. The zero-order valence-corrected chi connectivity index (χ0v) is 22.8. The van der Waals surface area contributed by atoms with Crippen molar-refractivity contribution in [3.05, 3.63) is 113 Å². The van der Waals surface area contributed by atoms with E-state index in [1.807, 2.05) is 37.3 Å². The van der Waals surface area contributed by atoms with Crippen LogP contribution < -0.4 is 10.1 Å². The minimum Gasteiger partial charge on any atom is -0.489 e. The Morgan fingerprint density at radius 1 is 0.974 bits per heavy atom. The van der Waals surface area contributed by atoms with Crippen molar-refractivity contribution in [2.45, 2.75) is 51.2 Å². The van der Waals surface area contributed by atoms with Crippen LogP contribution in [-0.4, -0.2) is 31.5 Å². The summed E-state index contributed by atoms with van der Waals surface area (Å²) in [7, 11) is 1.34. The topological polar surface area (TPSA) is 64.6 Å². The summed E-state index contributed by atoms with van der Waals surface area (Å²) in [4.78, 5) is 24.6. The first kappa shape index (κ1) is 26.6. The molecule has 0 saturated heterocycles. The van der Waals surface area contributed by atoms with E-state index in [1.54, 1.807) is 0 Å². The van der Waals surface area contributed by atoms with Crippen molar-refractivity contribution in [3.8, 4) is 5.75 Å². The van der Waals surface area contributed by atoms with Crippen molar-refractivity contribution < 1.29 is 19.1 Å². The maximum atomic E-state index is 13.0. The number of fused-ring (bicyclic) bond motifs is 2. The van der Waals surface area contributed by atoms with Crippen molar-refractivity contribution in [2.24, 2.45) is 0 Å². The molecule has 0 bridgehead atoms. The highest BCUT2D eigenvalue weighted by molar-refractivity contribution is 5.99.